The first kappa shape index (κ1) is 16.9. The van der Waals surface area contributed by atoms with Crippen LogP contribution in [0, 0.1) is 17.7 Å². The molecule has 7 heteroatoms. The van der Waals surface area contributed by atoms with Crippen molar-refractivity contribution < 1.29 is 13.9 Å². The molecule has 24 heavy (non-hydrogen) atoms. The molecule has 3 rings (SSSR count). The van der Waals surface area contributed by atoms with Crippen LogP contribution in [-0.4, -0.2) is 40.8 Å². The third-order valence-electron chi connectivity index (χ3n) is 4.36. The molecule has 0 radical (unpaired) electrons. The molecule has 1 aliphatic rings. The number of nitrogens with zero attached hydrogens (tertiary/aromatic N) is 3. The first-order valence-corrected chi connectivity index (χ1v) is 8.43. The third-order valence-corrected chi connectivity index (χ3v) is 4.65. The fourth-order valence-electron chi connectivity index (χ4n) is 2.87. The Hall–Kier alpha value is -1.99. The summed E-state index contributed by atoms with van der Waals surface area (Å²) in [5, 5.41) is 4.49. The maximum absolute atomic E-state index is 11.6. The molecule has 2 heterocycles. The lowest BCUT2D eigenvalue weighted by Gasteiger charge is -2.29. The number of carbonyl (C=O) groups is 1. The molecule has 1 aromatic carbocycles. The van der Waals surface area contributed by atoms with Gasteiger partial charge in [-0.05, 0) is 44.1 Å². The standard InChI is InChI=1S/C17H21N3O3S/c1-12-3-5-13(6-4-12)15-18-20(17(24)23-15)11-19-9-7-14(8-10-19)16(21)22-2/h3-6,14H,7-11H2,1-2H3. The Morgan fingerprint density at radius 1 is 1.33 bits per heavy atom. The minimum absolute atomic E-state index is 0.000324. The highest BCUT2D eigenvalue weighted by molar-refractivity contribution is 7.71. The number of carbonyl (C=O) groups excluding carboxylic acids is 1. The van der Waals surface area contributed by atoms with Crippen molar-refractivity contribution in [3.8, 4) is 11.5 Å². The second-order valence-electron chi connectivity index (χ2n) is 6.10. The van der Waals surface area contributed by atoms with Crippen LogP contribution in [0.1, 0.15) is 18.4 Å². The van der Waals surface area contributed by atoms with Crippen LogP contribution >= 0.6 is 12.2 Å². The first-order chi connectivity index (χ1) is 11.6. The van der Waals surface area contributed by atoms with E-state index in [-0.39, 0.29) is 11.9 Å². The average molecular weight is 347 g/mol. The quantitative estimate of drug-likeness (QED) is 0.626. The van der Waals surface area contributed by atoms with E-state index in [1.54, 1.807) is 4.68 Å². The fraction of sp³-hybridized carbons (Fsp3) is 0.471. The summed E-state index contributed by atoms with van der Waals surface area (Å²) in [6.07, 6.45) is 1.59. The van der Waals surface area contributed by atoms with Gasteiger partial charge < -0.3 is 9.15 Å². The monoisotopic (exact) mass is 347 g/mol. The van der Waals surface area contributed by atoms with Gasteiger partial charge in [-0.1, -0.05) is 17.7 Å². The number of aryl methyl sites for hydroxylation is 1. The molecule has 0 atom stereocenters. The van der Waals surface area contributed by atoms with E-state index in [9.17, 15) is 4.79 Å². The lowest BCUT2D eigenvalue weighted by Crippen LogP contribution is -2.38. The van der Waals surface area contributed by atoms with Gasteiger partial charge in [0.1, 0.15) is 0 Å². The zero-order valence-corrected chi connectivity index (χ0v) is 14.7. The van der Waals surface area contributed by atoms with Crippen molar-refractivity contribution in [2.45, 2.75) is 26.4 Å². The molecule has 1 aromatic heterocycles. The molecule has 2 aromatic rings. The summed E-state index contributed by atoms with van der Waals surface area (Å²) in [7, 11) is 1.44. The van der Waals surface area contributed by atoms with E-state index in [2.05, 4.69) is 10.00 Å². The Balaban J connectivity index is 1.65. The number of likely N-dealkylation sites (tertiary alicyclic amines) is 1. The normalized spacial score (nSPS) is 16.2. The molecule has 1 aliphatic heterocycles. The number of methoxy groups -OCH3 is 1. The van der Waals surface area contributed by atoms with Crippen LogP contribution in [0.5, 0.6) is 0 Å². The Morgan fingerprint density at radius 3 is 2.62 bits per heavy atom. The number of piperidine rings is 1. The molecule has 0 spiro atoms. The number of hydrogen-bond donors (Lipinski definition) is 0. The van der Waals surface area contributed by atoms with Gasteiger partial charge in [0.25, 0.3) is 4.84 Å². The SMILES string of the molecule is COC(=O)C1CCN(Cn2nc(-c3ccc(C)cc3)oc2=S)CC1. The van der Waals surface area contributed by atoms with E-state index in [1.165, 1.54) is 12.7 Å². The number of benzene rings is 1. The molecule has 0 amide bonds. The van der Waals surface area contributed by atoms with E-state index < -0.39 is 0 Å². The van der Waals surface area contributed by atoms with Gasteiger partial charge in [-0.2, -0.15) is 0 Å². The summed E-state index contributed by atoms with van der Waals surface area (Å²) in [5.41, 5.74) is 2.10. The van der Waals surface area contributed by atoms with Crippen molar-refractivity contribution in [3.63, 3.8) is 0 Å². The van der Waals surface area contributed by atoms with Crippen LogP contribution in [0.15, 0.2) is 28.7 Å². The molecule has 128 valence electrons. The van der Waals surface area contributed by atoms with Gasteiger partial charge in [0.05, 0.1) is 19.7 Å². The zero-order valence-electron chi connectivity index (χ0n) is 13.9. The van der Waals surface area contributed by atoms with Gasteiger partial charge >= 0.3 is 5.97 Å². The van der Waals surface area contributed by atoms with Crippen molar-refractivity contribution in [2.24, 2.45) is 5.92 Å². The highest BCUT2D eigenvalue weighted by Gasteiger charge is 2.26. The molecular formula is C17H21N3O3S. The molecule has 0 N–H and O–H groups in total. The molecule has 0 bridgehead atoms. The van der Waals surface area contributed by atoms with Crippen molar-refractivity contribution >= 4 is 18.2 Å². The summed E-state index contributed by atoms with van der Waals surface area (Å²) >= 11 is 5.28. The molecule has 6 nitrogen and oxygen atoms in total. The minimum Gasteiger partial charge on any atom is -0.469 e. The Kier molecular flexibility index (Phi) is 5.11. The minimum atomic E-state index is -0.116. The van der Waals surface area contributed by atoms with E-state index in [1.807, 2.05) is 31.2 Å². The van der Waals surface area contributed by atoms with Crippen molar-refractivity contribution in [2.75, 3.05) is 20.2 Å². The lowest BCUT2D eigenvalue weighted by atomic mass is 9.97. The Morgan fingerprint density at radius 2 is 2.00 bits per heavy atom. The highest BCUT2D eigenvalue weighted by Crippen LogP contribution is 2.21. The smallest absolute Gasteiger partial charge is 0.308 e. The van der Waals surface area contributed by atoms with Crippen LogP contribution in [0.2, 0.25) is 0 Å². The summed E-state index contributed by atoms with van der Waals surface area (Å²) in [5.74, 6) is 0.415. The first-order valence-electron chi connectivity index (χ1n) is 8.02. The van der Waals surface area contributed by atoms with Gasteiger partial charge in [0.2, 0.25) is 5.89 Å². The van der Waals surface area contributed by atoms with Crippen LogP contribution in [0.4, 0.5) is 0 Å². The predicted octanol–water partition coefficient (Wildman–Crippen LogP) is 3.02. The highest BCUT2D eigenvalue weighted by atomic mass is 32.1. The van der Waals surface area contributed by atoms with E-state index in [0.29, 0.717) is 17.4 Å². The van der Waals surface area contributed by atoms with Crippen molar-refractivity contribution in [1.82, 2.24) is 14.7 Å². The van der Waals surface area contributed by atoms with Crippen LogP contribution in [-0.2, 0) is 16.2 Å². The van der Waals surface area contributed by atoms with Gasteiger partial charge in [-0.3, -0.25) is 9.69 Å². The Labute approximate surface area is 146 Å². The second kappa shape index (κ2) is 7.27. The summed E-state index contributed by atoms with van der Waals surface area (Å²) in [4.78, 5) is 14.2. The predicted molar refractivity (Wildman–Crippen MR) is 91.8 cm³/mol. The number of aromatic nitrogens is 2. The number of rotatable bonds is 4. The molecule has 1 fully saturated rings. The molecule has 0 aliphatic carbocycles. The maximum Gasteiger partial charge on any atom is 0.308 e. The van der Waals surface area contributed by atoms with E-state index in [0.717, 1.165) is 31.5 Å². The van der Waals surface area contributed by atoms with E-state index in [4.69, 9.17) is 21.4 Å². The van der Waals surface area contributed by atoms with Crippen LogP contribution < -0.4 is 0 Å². The van der Waals surface area contributed by atoms with E-state index >= 15 is 0 Å². The fourth-order valence-corrected chi connectivity index (χ4v) is 3.05. The van der Waals surface area contributed by atoms with Gasteiger partial charge in [0, 0.05) is 18.7 Å². The molecule has 0 unspecified atom stereocenters. The summed E-state index contributed by atoms with van der Waals surface area (Å²) < 4.78 is 12.1. The molecular weight excluding hydrogens is 326 g/mol. The lowest BCUT2D eigenvalue weighted by molar-refractivity contribution is -0.147. The zero-order chi connectivity index (χ0) is 17.1. The van der Waals surface area contributed by atoms with Crippen molar-refractivity contribution in [1.29, 1.82) is 0 Å². The van der Waals surface area contributed by atoms with Gasteiger partial charge in [-0.15, -0.1) is 5.10 Å². The van der Waals surface area contributed by atoms with Gasteiger partial charge in [0.15, 0.2) is 0 Å². The molecule has 1 saturated heterocycles. The maximum atomic E-state index is 11.6. The number of esters is 1. The third kappa shape index (κ3) is 3.73. The molecule has 0 saturated carbocycles. The summed E-state index contributed by atoms with van der Waals surface area (Å²) in [6.45, 7) is 4.24. The topological polar surface area (TPSA) is 60.5 Å². The number of hydrogen-bond acceptors (Lipinski definition) is 6. The van der Waals surface area contributed by atoms with Crippen LogP contribution in [0.3, 0.4) is 0 Å². The Bertz CT molecular complexity index is 758. The largest absolute Gasteiger partial charge is 0.469 e. The second-order valence-corrected chi connectivity index (χ2v) is 6.44. The van der Waals surface area contributed by atoms with Gasteiger partial charge in [-0.25, -0.2) is 4.68 Å². The van der Waals surface area contributed by atoms with Crippen molar-refractivity contribution in [3.05, 3.63) is 34.7 Å². The van der Waals surface area contributed by atoms with Crippen LogP contribution in [0.25, 0.3) is 11.5 Å². The summed E-state index contributed by atoms with van der Waals surface area (Å²) in [6, 6.07) is 7.99. The number of ether oxygens (including phenoxy) is 1. The average Bonchev–Trinajstić information content (AvgIpc) is 2.96.